The molecule has 0 fully saturated rings. The molecule has 0 atom stereocenters. The van der Waals surface area contributed by atoms with E-state index >= 15 is 0 Å². The van der Waals surface area contributed by atoms with Crippen LogP contribution >= 0.6 is 0 Å². The summed E-state index contributed by atoms with van der Waals surface area (Å²) in [5, 5.41) is 6.24. The molecule has 3 heteroatoms. The normalized spacial score (nSPS) is 10.3. The molecule has 0 aromatic heterocycles. The van der Waals surface area contributed by atoms with Crippen LogP contribution in [0, 0.1) is 0 Å². The number of anilines is 1. The zero-order valence-corrected chi connectivity index (χ0v) is 11.9. The van der Waals surface area contributed by atoms with Gasteiger partial charge in [0.15, 0.2) is 0 Å². The van der Waals surface area contributed by atoms with Crippen molar-refractivity contribution < 1.29 is 4.79 Å². The maximum atomic E-state index is 12.1. The van der Waals surface area contributed by atoms with Gasteiger partial charge in [-0.15, -0.1) is 0 Å². The first-order valence-corrected chi connectivity index (χ1v) is 6.84. The summed E-state index contributed by atoms with van der Waals surface area (Å²) in [4.78, 5) is 12.1. The second-order valence-corrected chi connectivity index (χ2v) is 5.01. The van der Waals surface area contributed by atoms with Gasteiger partial charge in [0.1, 0.15) is 0 Å². The first-order valence-electron chi connectivity index (χ1n) is 6.84. The molecule has 0 bridgehead atoms. The lowest BCUT2D eigenvalue weighted by Gasteiger charge is -2.13. The van der Waals surface area contributed by atoms with Crippen LogP contribution in [0.1, 0.15) is 29.8 Å². The Balaban J connectivity index is 2.10. The number of rotatable bonds is 5. The van der Waals surface area contributed by atoms with Crippen molar-refractivity contribution in [2.45, 2.75) is 26.4 Å². The van der Waals surface area contributed by atoms with Gasteiger partial charge in [0.25, 0.3) is 5.91 Å². The number of nitrogens with one attached hydrogen (secondary N) is 2. The average molecular weight is 268 g/mol. The molecule has 0 aliphatic rings. The fourth-order valence-corrected chi connectivity index (χ4v) is 1.97. The number of carbonyl (C=O) groups excluding carboxylic acids is 1. The topological polar surface area (TPSA) is 41.1 Å². The Bertz CT molecular complexity index is 564. The molecule has 0 heterocycles. The molecule has 2 N–H and O–H groups in total. The Kier molecular flexibility index (Phi) is 4.77. The van der Waals surface area contributed by atoms with Crippen LogP contribution < -0.4 is 10.6 Å². The lowest BCUT2D eigenvalue weighted by atomic mass is 10.1. The van der Waals surface area contributed by atoms with E-state index in [0.717, 1.165) is 5.69 Å². The van der Waals surface area contributed by atoms with Gasteiger partial charge in [-0.2, -0.15) is 0 Å². The van der Waals surface area contributed by atoms with Crippen LogP contribution in [0.2, 0.25) is 0 Å². The monoisotopic (exact) mass is 268 g/mol. The van der Waals surface area contributed by atoms with Gasteiger partial charge >= 0.3 is 0 Å². The fourth-order valence-electron chi connectivity index (χ4n) is 1.97. The van der Waals surface area contributed by atoms with E-state index in [2.05, 4.69) is 22.8 Å². The fraction of sp³-hybridized carbons (Fsp3) is 0.235. The van der Waals surface area contributed by atoms with E-state index in [1.54, 1.807) is 0 Å². The van der Waals surface area contributed by atoms with Crippen LogP contribution in [-0.2, 0) is 6.54 Å². The number of para-hydroxylation sites is 1. The maximum absolute atomic E-state index is 12.1. The third-order valence-electron chi connectivity index (χ3n) is 2.92. The molecule has 20 heavy (non-hydrogen) atoms. The molecular formula is C17H20N2O. The predicted octanol–water partition coefficient (Wildman–Crippen LogP) is 3.44. The predicted molar refractivity (Wildman–Crippen MR) is 82.8 cm³/mol. The van der Waals surface area contributed by atoms with Gasteiger partial charge in [0, 0.05) is 18.3 Å². The van der Waals surface area contributed by atoms with Crippen molar-refractivity contribution in [1.29, 1.82) is 0 Å². The van der Waals surface area contributed by atoms with E-state index in [4.69, 9.17) is 0 Å². The van der Waals surface area contributed by atoms with Gasteiger partial charge in [0.2, 0.25) is 0 Å². The van der Waals surface area contributed by atoms with Crippen molar-refractivity contribution in [2.75, 3.05) is 5.32 Å². The quantitative estimate of drug-likeness (QED) is 0.872. The summed E-state index contributed by atoms with van der Waals surface area (Å²) < 4.78 is 0. The molecule has 0 aliphatic carbocycles. The summed E-state index contributed by atoms with van der Waals surface area (Å²) in [7, 11) is 0. The number of benzene rings is 2. The minimum Gasteiger partial charge on any atom is -0.380 e. The minimum absolute atomic E-state index is 0.0452. The second kappa shape index (κ2) is 6.75. The average Bonchev–Trinajstić information content (AvgIpc) is 2.46. The lowest BCUT2D eigenvalue weighted by Crippen LogP contribution is -2.30. The zero-order valence-electron chi connectivity index (χ0n) is 11.9. The Morgan fingerprint density at radius 1 is 1.00 bits per heavy atom. The van der Waals surface area contributed by atoms with E-state index in [0.29, 0.717) is 12.1 Å². The number of amides is 1. The summed E-state index contributed by atoms with van der Waals surface area (Å²) >= 11 is 0. The first-order chi connectivity index (χ1) is 9.66. The zero-order chi connectivity index (χ0) is 14.4. The smallest absolute Gasteiger partial charge is 0.253 e. The van der Waals surface area contributed by atoms with Crippen molar-refractivity contribution in [2.24, 2.45) is 0 Å². The molecular weight excluding hydrogens is 248 g/mol. The summed E-state index contributed by atoms with van der Waals surface area (Å²) in [5.74, 6) is -0.0452. The molecule has 0 saturated carbocycles. The van der Waals surface area contributed by atoms with E-state index in [-0.39, 0.29) is 11.9 Å². The summed E-state index contributed by atoms with van der Waals surface area (Å²) in [5.41, 5.74) is 2.72. The van der Waals surface area contributed by atoms with Gasteiger partial charge in [-0.05, 0) is 31.5 Å². The third kappa shape index (κ3) is 3.85. The molecule has 0 saturated heterocycles. The molecule has 0 unspecified atom stereocenters. The molecule has 2 aromatic rings. The highest BCUT2D eigenvalue weighted by Gasteiger charge is 2.11. The van der Waals surface area contributed by atoms with Gasteiger partial charge in [0.05, 0.1) is 5.56 Å². The summed E-state index contributed by atoms with van der Waals surface area (Å²) in [6.07, 6.45) is 0. The van der Waals surface area contributed by atoms with Crippen LogP contribution in [0.3, 0.4) is 0 Å². The van der Waals surface area contributed by atoms with Crippen LogP contribution in [0.25, 0.3) is 0 Å². The number of carbonyl (C=O) groups is 1. The Morgan fingerprint density at radius 2 is 1.65 bits per heavy atom. The summed E-state index contributed by atoms with van der Waals surface area (Å²) in [6.45, 7) is 4.61. The molecule has 1 amide bonds. The van der Waals surface area contributed by atoms with Gasteiger partial charge in [-0.3, -0.25) is 4.79 Å². The SMILES string of the molecule is CC(C)NC(=O)c1ccccc1NCc1ccccc1. The van der Waals surface area contributed by atoms with E-state index in [1.165, 1.54) is 5.56 Å². The highest BCUT2D eigenvalue weighted by molar-refractivity contribution is 5.99. The summed E-state index contributed by atoms with van der Waals surface area (Å²) in [6, 6.07) is 17.8. The van der Waals surface area contributed by atoms with Crippen molar-refractivity contribution in [3.8, 4) is 0 Å². The number of hydrogen-bond donors (Lipinski definition) is 2. The maximum Gasteiger partial charge on any atom is 0.253 e. The standard InChI is InChI=1S/C17H20N2O/c1-13(2)19-17(20)15-10-6-7-11-16(15)18-12-14-8-4-3-5-9-14/h3-11,13,18H,12H2,1-2H3,(H,19,20). The Morgan fingerprint density at radius 3 is 2.35 bits per heavy atom. The van der Waals surface area contributed by atoms with E-state index < -0.39 is 0 Å². The van der Waals surface area contributed by atoms with Gasteiger partial charge in [-0.25, -0.2) is 0 Å². The Hall–Kier alpha value is -2.29. The molecule has 0 spiro atoms. The van der Waals surface area contributed by atoms with Crippen LogP contribution in [0.15, 0.2) is 54.6 Å². The minimum atomic E-state index is -0.0452. The first kappa shape index (κ1) is 14.1. The molecule has 3 nitrogen and oxygen atoms in total. The number of hydrogen-bond acceptors (Lipinski definition) is 2. The van der Waals surface area contributed by atoms with Crippen LogP contribution in [0.5, 0.6) is 0 Å². The molecule has 2 aromatic carbocycles. The van der Waals surface area contributed by atoms with Crippen molar-refractivity contribution in [3.63, 3.8) is 0 Å². The van der Waals surface area contributed by atoms with E-state index in [1.807, 2.05) is 56.3 Å². The highest BCUT2D eigenvalue weighted by Crippen LogP contribution is 2.16. The van der Waals surface area contributed by atoms with Crippen molar-refractivity contribution in [3.05, 3.63) is 65.7 Å². The van der Waals surface area contributed by atoms with Gasteiger partial charge in [-0.1, -0.05) is 42.5 Å². The van der Waals surface area contributed by atoms with Gasteiger partial charge < -0.3 is 10.6 Å². The molecule has 104 valence electrons. The van der Waals surface area contributed by atoms with Crippen LogP contribution in [-0.4, -0.2) is 11.9 Å². The third-order valence-corrected chi connectivity index (χ3v) is 2.92. The Labute approximate surface area is 120 Å². The largest absolute Gasteiger partial charge is 0.380 e. The molecule has 0 aliphatic heterocycles. The van der Waals surface area contributed by atoms with Crippen molar-refractivity contribution >= 4 is 11.6 Å². The van der Waals surface area contributed by atoms with Crippen LogP contribution in [0.4, 0.5) is 5.69 Å². The van der Waals surface area contributed by atoms with Crippen molar-refractivity contribution in [1.82, 2.24) is 5.32 Å². The highest BCUT2D eigenvalue weighted by atomic mass is 16.1. The lowest BCUT2D eigenvalue weighted by molar-refractivity contribution is 0.0944. The second-order valence-electron chi connectivity index (χ2n) is 5.01. The molecule has 2 rings (SSSR count). The van der Waals surface area contributed by atoms with E-state index in [9.17, 15) is 4.79 Å². The molecule has 0 radical (unpaired) electrons.